The summed E-state index contributed by atoms with van der Waals surface area (Å²) in [5.74, 6) is -1.38. The molecular weight excluding hydrogens is 310 g/mol. The van der Waals surface area contributed by atoms with Crippen LogP contribution in [-0.4, -0.2) is 23.6 Å². The fourth-order valence-corrected chi connectivity index (χ4v) is 2.82. The minimum absolute atomic E-state index is 0.100. The quantitative estimate of drug-likeness (QED) is 0.726. The molecule has 2 aromatic rings. The van der Waals surface area contributed by atoms with E-state index in [9.17, 15) is 19.2 Å². The number of amides is 4. The van der Waals surface area contributed by atoms with E-state index in [1.54, 1.807) is 24.3 Å². The topological polar surface area (TPSA) is 104 Å². The first-order valence-electron chi connectivity index (χ1n) is 7.25. The van der Waals surface area contributed by atoms with Gasteiger partial charge in [0.25, 0.3) is 17.7 Å². The van der Waals surface area contributed by atoms with E-state index in [-0.39, 0.29) is 23.8 Å². The summed E-state index contributed by atoms with van der Waals surface area (Å²) >= 11 is 0. The van der Waals surface area contributed by atoms with E-state index in [1.807, 2.05) is 0 Å². The maximum absolute atomic E-state index is 12.4. The number of carbonyl (C=O) groups is 4. The van der Waals surface area contributed by atoms with Crippen molar-refractivity contribution in [3.63, 3.8) is 0 Å². The van der Waals surface area contributed by atoms with E-state index in [1.165, 1.54) is 12.1 Å². The third-order valence-electron chi connectivity index (χ3n) is 3.99. The highest BCUT2D eigenvalue weighted by Crippen LogP contribution is 2.25. The zero-order chi connectivity index (χ0) is 16.8. The Morgan fingerprint density at radius 2 is 1.71 bits per heavy atom. The number of carbonyl (C=O) groups excluding carboxylic acids is 4. The third-order valence-corrected chi connectivity index (χ3v) is 3.99. The van der Waals surface area contributed by atoms with Crippen molar-refractivity contribution in [3.05, 3.63) is 58.7 Å². The van der Waals surface area contributed by atoms with Gasteiger partial charge in [0.05, 0.1) is 17.5 Å². The van der Waals surface area contributed by atoms with Crippen LogP contribution in [0.1, 0.15) is 36.6 Å². The van der Waals surface area contributed by atoms with Crippen molar-refractivity contribution >= 4 is 35.0 Å². The maximum atomic E-state index is 12.4. The summed E-state index contributed by atoms with van der Waals surface area (Å²) in [7, 11) is 0. The molecule has 2 aliphatic heterocycles. The van der Waals surface area contributed by atoms with Crippen LogP contribution in [-0.2, 0) is 11.2 Å². The molecule has 2 aromatic carbocycles. The Bertz CT molecular complexity index is 949. The molecule has 0 unspecified atom stereocenters. The van der Waals surface area contributed by atoms with E-state index in [0.717, 1.165) is 5.56 Å². The van der Waals surface area contributed by atoms with Crippen molar-refractivity contribution in [2.24, 2.45) is 0 Å². The second-order valence-electron chi connectivity index (χ2n) is 5.59. The highest BCUT2D eigenvalue weighted by Gasteiger charge is 2.27. The van der Waals surface area contributed by atoms with Gasteiger partial charge >= 0.3 is 0 Å². The molecule has 0 radical (unpaired) electrons. The van der Waals surface area contributed by atoms with Crippen LogP contribution in [0.3, 0.4) is 0 Å². The van der Waals surface area contributed by atoms with E-state index in [2.05, 4.69) is 16.0 Å². The number of nitrogens with one attached hydrogen (secondary N) is 3. The lowest BCUT2D eigenvalue weighted by Crippen LogP contribution is -2.19. The number of benzene rings is 2. The lowest BCUT2D eigenvalue weighted by atomic mass is 10.1. The van der Waals surface area contributed by atoms with Crippen molar-refractivity contribution in [1.82, 2.24) is 5.32 Å². The zero-order valence-electron chi connectivity index (χ0n) is 12.3. The highest BCUT2D eigenvalue weighted by molar-refractivity contribution is 6.22. The zero-order valence-corrected chi connectivity index (χ0v) is 12.3. The molecule has 7 heteroatoms. The molecule has 118 valence electrons. The molecule has 0 atom stereocenters. The number of fused-ring (bicyclic) bond motifs is 2. The molecule has 0 fully saturated rings. The number of hydrogen-bond donors (Lipinski definition) is 3. The van der Waals surface area contributed by atoms with E-state index in [0.29, 0.717) is 22.5 Å². The molecule has 0 saturated heterocycles. The Hall–Kier alpha value is -3.48. The molecule has 0 bridgehead atoms. The molecule has 0 saturated carbocycles. The Labute approximate surface area is 136 Å². The van der Waals surface area contributed by atoms with Crippen molar-refractivity contribution < 1.29 is 19.2 Å². The van der Waals surface area contributed by atoms with Crippen LogP contribution >= 0.6 is 0 Å². The van der Waals surface area contributed by atoms with Gasteiger partial charge in [-0.25, -0.2) is 0 Å². The summed E-state index contributed by atoms with van der Waals surface area (Å²) in [4.78, 5) is 46.9. The van der Waals surface area contributed by atoms with Crippen molar-refractivity contribution in [2.75, 3.05) is 10.6 Å². The monoisotopic (exact) mass is 321 g/mol. The van der Waals surface area contributed by atoms with Gasteiger partial charge in [-0.15, -0.1) is 0 Å². The highest BCUT2D eigenvalue weighted by atomic mass is 16.2. The van der Waals surface area contributed by atoms with Crippen LogP contribution in [0.4, 0.5) is 11.4 Å². The van der Waals surface area contributed by atoms with Crippen LogP contribution in [0.25, 0.3) is 0 Å². The van der Waals surface area contributed by atoms with Crippen LogP contribution in [0.5, 0.6) is 0 Å². The Morgan fingerprint density at radius 3 is 2.54 bits per heavy atom. The van der Waals surface area contributed by atoms with Gasteiger partial charge in [0.2, 0.25) is 5.91 Å². The average molecular weight is 321 g/mol. The molecule has 4 rings (SSSR count). The van der Waals surface area contributed by atoms with Crippen LogP contribution < -0.4 is 16.0 Å². The van der Waals surface area contributed by atoms with Crippen molar-refractivity contribution in [3.8, 4) is 0 Å². The number of anilines is 2. The van der Waals surface area contributed by atoms with E-state index < -0.39 is 11.8 Å². The summed E-state index contributed by atoms with van der Waals surface area (Å²) in [5, 5.41) is 7.59. The standard InChI is InChI=1S/C17H11N3O4/c21-14-6-9-5-8(1-4-13(9)19-14)15(22)18-10-2-3-11-12(7-10)17(24)20-16(11)23/h1-5,7H,6H2,(H,18,22)(H,19,21)(H,20,23,24). The number of hydrogen-bond acceptors (Lipinski definition) is 4. The normalized spacial score (nSPS) is 14.8. The van der Waals surface area contributed by atoms with E-state index in [4.69, 9.17) is 0 Å². The van der Waals surface area contributed by atoms with Gasteiger partial charge in [-0.3, -0.25) is 24.5 Å². The maximum Gasteiger partial charge on any atom is 0.259 e. The molecule has 2 heterocycles. The largest absolute Gasteiger partial charge is 0.326 e. The molecule has 3 N–H and O–H groups in total. The lowest BCUT2D eigenvalue weighted by molar-refractivity contribution is -0.115. The SMILES string of the molecule is O=C1Cc2cc(C(=O)Nc3ccc4c(c3)C(=O)NC4=O)ccc2N1. The Kier molecular flexibility index (Phi) is 2.96. The summed E-state index contributed by atoms with van der Waals surface area (Å²) < 4.78 is 0. The molecule has 2 aliphatic rings. The van der Waals surface area contributed by atoms with Gasteiger partial charge in [-0.1, -0.05) is 0 Å². The molecule has 24 heavy (non-hydrogen) atoms. The van der Waals surface area contributed by atoms with Gasteiger partial charge in [-0.05, 0) is 42.0 Å². The Balaban J connectivity index is 1.58. The smallest absolute Gasteiger partial charge is 0.259 e. The van der Waals surface area contributed by atoms with Crippen molar-refractivity contribution in [2.45, 2.75) is 6.42 Å². The third kappa shape index (κ3) is 2.23. The molecular formula is C17H11N3O4. The minimum atomic E-state index is -0.479. The molecule has 0 spiro atoms. The molecule has 4 amide bonds. The average Bonchev–Trinajstić information content (AvgIpc) is 3.05. The summed E-state index contributed by atoms with van der Waals surface area (Å²) in [6.07, 6.45) is 0.248. The predicted octanol–water partition coefficient (Wildman–Crippen LogP) is 1.32. The summed E-state index contributed by atoms with van der Waals surface area (Å²) in [6.45, 7) is 0. The van der Waals surface area contributed by atoms with Gasteiger partial charge in [0.1, 0.15) is 0 Å². The Morgan fingerprint density at radius 1 is 0.917 bits per heavy atom. The number of rotatable bonds is 2. The fraction of sp³-hybridized carbons (Fsp3) is 0.0588. The first-order valence-corrected chi connectivity index (χ1v) is 7.25. The second kappa shape index (κ2) is 5.02. The first kappa shape index (κ1) is 14.1. The van der Waals surface area contributed by atoms with Crippen LogP contribution in [0.15, 0.2) is 36.4 Å². The molecule has 0 aromatic heterocycles. The molecule has 0 aliphatic carbocycles. The fourth-order valence-electron chi connectivity index (χ4n) is 2.82. The van der Waals surface area contributed by atoms with E-state index >= 15 is 0 Å². The van der Waals surface area contributed by atoms with Crippen LogP contribution in [0.2, 0.25) is 0 Å². The van der Waals surface area contributed by atoms with Crippen molar-refractivity contribution in [1.29, 1.82) is 0 Å². The summed E-state index contributed by atoms with van der Waals surface area (Å²) in [5.41, 5.74) is 2.84. The van der Waals surface area contributed by atoms with Crippen LogP contribution in [0, 0.1) is 0 Å². The first-order chi connectivity index (χ1) is 11.5. The van der Waals surface area contributed by atoms with Gasteiger partial charge in [0, 0.05) is 16.9 Å². The predicted molar refractivity (Wildman–Crippen MR) is 85.0 cm³/mol. The second-order valence-corrected chi connectivity index (χ2v) is 5.59. The summed E-state index contributed by atoms with van der Waals surface area (Å²) in [6, 6.07) is 9.48. The van der Waals surface area contributed by atoms with Gasteiger partial charge in [0.15, 0.2) is 0 Å². The number of imide groups is 1. The minimum Gasteiger partial charge on any atom is -0.326 e. The molecule has 7 nitrogen and oxygen atoms in total. The van der Waals surface area contributed by atoms with Gasteiger partial charge < -0.3 is 10.6 Å². The lowest BCUT2D eigenvalue weighted by Gasteiger charge is -2.07. The van der Waals surface area contributed by atoms with Gasteiger partial charge in [-0.2, -0.15) is 0 Å².